The molecule has 6 heteroatoms. The van der Waals surface area contributed by atoms with Crippen LogP contribution in [-0.2, 0) is 4.74 Å². The first-order valence-electron chi connectivity index (χ1n) is 11.4. The largest absolute Gasteiger partial charge is 0.465 e. The number of esters is 1. The lowest BCUT2D eigenvalue weighted by Crippen LogP contribution is -2.29. The molecule has 0 radical (unpaired) electrons. The van der Waals surface area contributed by atoms with E-state index in [0.29, 0.717) is 33.3 Å². The van der Waals surface area contributed by atoms with Gasteiger partial charge in [0.05, 0.1) is 29.7 Å². The highest BCUT2D eigenvalue weighted by molar-refractivity contribution is 6.10. The summed E-state index contributed by atoms with van der Waals surface area (Å²) in [7, 11) is 1.32. The molecule has 0 bridgehead atoms. The quantitative estimate of drug-likeness (QED) is 0.369. The van der Waals surface area contributed by atoms with Crippen LogP contribution in [0.25, 0.3) is 11.0 Å². The molecule has 1 atom stereocenters. The van der Waals surface area contributed by atoms with Crippen LogP contribution in [-0.4, -0.2) is 19.0 Å². The van der Waals surface area contributed by atoms with Gasteiger partial charge in [-0.05, 0) is 91.9 Å². The van der Waals surface area contributed by atoms with Gasteiger partial charge in [0.25, 0.3) is 5.91 Å². The van der Waals surface area contributed by atoms with Gasteiger partial charge >= 0.3 is 5.97 Å². The second-order valence-corrected chi connectivity index (χ2v) is 9.07. The van der Waals surface area contributed by atoms with Crippen molar-refractivity contribution >= 4 is 28.5 Å². The Kier molecular flexibility index (Phi) is 5.32. The van der Waals surface area contributed by atoms with E-state index in [-0.39, 0.29) is 17.1 Å². The smallest absolute Gasteiger partial charge is 0.337 e. The van der Waals surface area contributed by atoms with Crippen molar-refractivity contribution in [2.75, 3.05) is 12.0 Å². The van der Waals surface area contributed by atoms with Crippen LogP contribution >= 0.6 is 0 Å². The lowest BCUT2D eigenvalue weighted by Gasteiger charge is -2.26. The van der Waals surface area contributed by atoms with Crippen LogP contribution in [0.4, 0.5) is 5.69 Å². The zero-order valence-electron chi connectivity index (χ0n) is 20.3. The summed E-state index contributed by atoms with van der Waals surface area (Å²) < 4.78 is 10.9. The van der Waals surface area contributed by atoms with Gasteiger partial charge in [0.2, 0.25) is 5.76 Å². The molecule has 0 saturated heterocycles. The molecule has 2 heterocycles. The third-order valence-corrected chi connectivity index (χ3v) is 6.90. The fourth-order valence-corrected chi connectivity index (χ4v) is 4.60. The molecule has 0 aliphatic carbocycles. The van der Waals surface area contributed by atoms with Gasteiger partial charge in [-0.2, -0.15) is 0 Å². The van der Waals surface area contributed by atoms with Crippen LogP contribution in [0, 0.1) is 27.7 Å². The van der Waals surface area contributed by atoms with Gasteiger partial charge < -0.3 is 9.15 Å². The molecule has 4 aromatic rings. The summed E-state index contributed by atoms with van der Waals surface area (Å²) in [5.41, 5.74) is 6.29. The van der Waals surface area contributed by atoms with E-state index in [1.54, 1.807) is 35.2 Å². The first-order valence-corrected chi connectivity index (χ1v) is 11.4. The fraction of sp³-hybridized carbons (Fsp3) is 0.207. The molecule has 0 N–H and O–H groups in total. The summed E-state index contributed by atoms with van der Waals surface area (Å²) in [5, 5.41) is 0.442. The minimum absolute atomic E-state index is 0.0472. The standard InChI is InChI=1S/C29H25NO5/c1-15-6-11-21(12-16(15)2)30-25(19-7-9-20(10-8-19)29(33)34-5)24-26(31)22-13-17(3)18(4)14-23(22)35-27(24)28(30)32/h6-14,25H,1-5H3. The fourth-order valence-electron chi connectivity index (χ4n) is 4.60. The van der Waals surface area contributed by atoms with Gasteiger partial charge in [-0.25, -0.2) is 4.79 Å². The Hall–Kier alpha value is -4.19. The lowest BCUT2D eigenvalue weighted by atomic mass is 9.96. The zero-order chi connectivity index (χ0) is 25.0. The maximum atomic E-state index is 13.8. The summed E-state index contributed by atoms with van der Waals surface area (Å²) in [5.74, 6) is -0.782. The summed E-state index contributed by atoms with van der Waals surface area (Å²) >= 11 is 0. The van der Waals surface area contributed by atoms with Crippen LogP contribution in [0.1, 0.15) is 60.3 Å². The molecule has 3 aromatic carbocycles. The number of amides is 1. The molecule has 1 aliphatic rings. The van der Waals surface area contributed by atoms with Crippen molar-refractivity contribution in [1.29, 1.82) is 0 Å². The number of anilines is 1. The highest BCUT2D eigenvalue weighted by atomic mass is 16.5. The van der Waals surface area contributed by atoms with E-state index in [9.17, 15) is 14.4 Å². The van der Waals surface area contributed by atoms with E-state index in [1.165, 1.54) is 7.11 Å². The Morgan fingerprint density at radius 3 is 2.17 bits per heavy atom. The number of ether oxygens (including phenoxy) is 1. The molecule has 0 fully saturated rings. The summed E-state index contributed by atoms with van der Waals surface area (Å²) in [6, 6.07) is 15.5. The number of carbonyl (C=O) groups excluding carboxylic acids is 2. The number of hydrogen-bond acceptors (Lipinski definition) is 5. The van der Waals surface area contributed by atoms with Gasteiger partial charge in [0.15, 0.2) is 5.43 Å². The average molecular weight is 468 g/mol. The molecule has 1 amide bonds. The van der Waals surface area contributed by atoms with Crippen molar-refractivity contribution in [3.8, 4) is 0 Å². The van der Waals surface area contributed by atoms with Gasteiger partial charge in [-0.1, -0.05) is 18.2 Å². The second-order valence-electron chi connectivity index (χ2n) is 9.07. The van der Waals surface area contributed by atoms with Gasteiger partial charge in [-0.3, -0.25) is 14.5 Å². The van der Waals surface area contributed by atoms with E-state index in [4.69, 9.17) is 9.15 Å². The van der Waals surface area contributed by atoms with Crippen molar-refractivity contribution in [3.63, 3.8) is 0 Å². The highest BCUT2D eigenvalue weighted by Crippen LogP contribution is 2.41. The molecule has 176 valence electrons. The predicted molar refractivity (Wildman–Crippen MR) is 134 cm³/mol. The molecule has 0 saturated carbocycles. The Bertz CT molecular complexity index is 1580. The molecule has 5 rings (SSSR count). The number of aryl methyl sites for hydroxylation is 4. The highest BCUT2D eigenvalue weighted by Gasteiger charge is 2.43. The number of methoxy groups -OCH3 is 1. The Morgan fingerprint density at radius 2 is 1.51 bits per heavy atom. The van der Waals surface area contributed by atoms with Gasteiger partial charge in [0, 0.05) is 5.69 Å². The molecule has 35 heavy (non-hydrogen) atoms. The normalized spacial score (nSPS) is 14.9. The second kappa shape index (κ2) is 8.24. The number of fused-ring (bicyclic) bond motifs is 2. The minimum Gasteiger partial charge on any atom is -0.465 e. The van der Waals surface area contributed by atoms with Crippen molar-refractivity contribution < 1.29 is 18.7 Å². The van der Waals surface area contributed by atoms with Crippen LogP contribution < -0.4 is 10.3 Å². The minimum atomic E-state index is -0.700. The topological polar surface area (TPSA) is 76.8 Å². The van der Waals surface area contributed by atoms with E-state index >= 15 is 0 Å². The molecule has 1 unspecified atom stereocenters. The van der Waals surface area contributed by atoms with E-state index in [2.05, 4.69) is 0 Å². The Morgan fingerprint density at radius 1 is 0.857 bits per heavy atom. The maximum Gasteiger partial charge on any atom is 0.337 e. The number of carbonyl (C=O) groups is 2. The van der Waals surface area contributed by atoms with Crippen molar-refractivity contribution in [1.82, 2.24) is 0 Å². The van der Waals surface area contributed by atoms with Crippen molar-refractivity contribution in [3.05, 3.63) is 110 Å². The first-order chi connectivity index (χ1) is 16.7. The molecular weight excluding hydrogens is 442 g/mol. The van der Waals surface area contributed by atoms with Gasteiger partial charge in [0.1, 0.15) is 5.58 Å². The number of nitrogens with zero attached hydrogens (tertiary/aromatic N) is 1. The summed E-state index contributed by atoms with van der Waals surface area (Å²) in [4.78, 5) is 41.1. The molecule has 1 aliphatic heterocycles. The molecule has 0 spiro atoms. The molecule has 6 nitrogen and oxygen atoms in total. The van der Waals surface area contributed by atoms with Crippen LogP contribution in [0.3, 0.4) is 0 Å². The van der Waals surface area contributed by atoms with Crippen LogP contribution in [0.2, 0.25) is 0 Å². The van der Waals surface area contributed by atoms with Crippen LogP contribution in [0.5, 0.6) is 0 Å². The number of rotatable bonds is 3. The lowest BCUT2D eigenvalue weighted by molar-refractivity contribution is 0.0600. The van der Waals surface area contributed by atoms with E-state index in [0.717, 1.165) is 22.3 Å². The number of benzene rings is 3. The van der Waals surface area contributed by atoms with Gasteiger partial charge in [-0.15, -0.1) is 0 Å². The Balaban J connectivity index is 1.78. The maximum absolute atomic E-state index is 13.8. The van der Waals surface area contributed by atoms with E-state index in [1.807, 2.05) is 52.0 Å². The Labute approximate surface area is 202 Å². The predicted octanol–water partition coefficient (Wildman–Crippen LogP) is 5.56. The third-order valence-electron chi connectivity index (χ3n) is 6.90. The van der Waals surface area contributed by atoms with Crippen molar-refractivity contribution in [2.24, 2.45) is 0 Å². The molecule has 1 aromatic heterocycles. The van der Waals surface area contributed by atoms with Crippen molar-refractivity contribution in [2.45, 2.75) is 33.7 Å². The molecular formula is C29H25NO5. The average Bonchev–Trinajstić information content (AvgIpc) is 3.14. The monoisotopic (exact) mass is 467 g/mol. The number of hydrogen-bond donors (Lipinski definition) is 0. The summed E-state index contributed by atoms with van der Waals surface area (Å²) in [6.45, 7) is 7.87. The first kappa shape index (κ1) is 22.6. The SMILES string of the molecule is COC(=O)c1ccc(C2c3c(oc4cc(C)c(C)cc4c3=O)C(=O)N2c2ccc(C)c(C)c2)cc1. The zero-order valence-corrected chi connectivity index (χ0v) is 20.3. The van der Waals surface area contributed by atoms with Crippen LogP contribution in [0.15, 0.2) is 63.8 Å². The summed E-state index contributed by atoms with van der Waals surface area (Å²) in [6.07, 6.45) is 0. The third kappa shape index (κ3) is 3.53. The van der Waals surface area contributed by atoms with E-state index < -0.39 is 12.0 Å².